The van der Waals surface area contributed by atoms with Crippen LogP contribution in [0, 0.1) is 5.92 Å². The Bertz CT molecular complexity index is 501. The number of piperidine rings is 1. The lowest BCUT2D eigenvalue weighted by Crippen LogP contribution is -2.34. The van der Waals surface area contributed by atoms with Crippen molar-refractivity contribution in [1.29, 1.82) is 0 Å². The standard InChI is InChI=1S/C16H21NO2/c1-16(2)9-13-8-11(5-6-14(13)19-16)15(18)12-4-3-7-17-10-12/h5-6,8,12,17H,3-4,7,9-10H2,1-2H3. The topological polar surface area (TPSA) is 38.3 Å². The predicted octanol–water partition coefficient (Wildman–Crippen LogP) is 2.58. The van der Waals surface area contributed by atoms with Gasteiger partial charge in [0.15, 0.2) is 5.78 Å². The molecule has 0 aromatic heterocycles. The van der Waals surface area contributed by atoms with Gasteiger partial charge in [0, 0.05) is 24.4 Å². The number of hydrogen-bond donors (Lipinski definition) is 1. The second-order valence-corrected chi connectivity index (χ2v) is 6.27. The average Bonchev–Trinajstić information content (AvgIpc) is 2.71. The first-order chi connectivity index (χ1) is 9.05. The van der Waals surface area contributed by atoms with Crippen molar-refractivity contribution in [3.05, 3.63) is 29.3 Å². The SMILES string of the molecule is CC1(C)Cc2cc(C(=O)C3CCCNC3)ccc2O1. The number of carbonyl (C=O) groups excluding carboxylic acids is 1. The Kier molecular flexibility index (Phi) is 3.09. The monoisotopic (exact) mass is 259 g/mol. The number of benzene rings is 1. The van der Waals surface area contributed by atoms with Crippen LogP contribution < -0.4 is 10.1 Å². The summed E-state index contributed by atoms with van der Waals surface area (Å²) in [5.74, 6) is 1.35. The Labute approximate surface area is 114 Å². The highest BCUT2D eigenvalue weighted by Crippen LogP contribution is 2.35. The number of Topliss-reactive ketones (excluding diaryl/α,β-unsaturated/α-hetero) is 1. The fraction of sp³-hybridized carbons (Fsp3) is 0.562. The first-order valence-electron chi connectivity index (χ1n) is 7.12. The summed E-state index contributed by atoms with van der Waals surface area (Å²) in [5.41, 5.74) is 1.87. The highest BCUT2D eigenvalue weighted by molar-refractivity contribution is 5.98. The van der Waals surface area contributed by atoms with Gasteiger partial charge in [0.1, 0.15) is 11.4 Å². The van der Waals surface area contributed by atoms with Crippen LogP contribution in [0.4, 0.5) is 0 Å². The van der Waals surface area contributed by atoms with E-state index in [1.165, 1.54) is 5.56 Å². The Morgan fingerprint density at radius 1 is 1.42 bits per heavy atom. The van der Waals surface area contributed by atoms with Gasteiger partial charge in [0.25, 0.3) is 0 Å². The number of nitrogens with one attached hydrogen (secondary N) is 1. The van der Waals surface area contributed by atoms with E-state index in [1.807, 2.05) is 18.2 Å². The molecule has 3 heteroatoms. The molecule has 0 amide bonds. The summed E-state index contributed by atoms with van der Waals surface area (Å²) in [6.45, 7) is 6.02. The predicted molar refractivity (Wildman–Crippen MR) is 74.8 cm³/mol. The third-order valence-corrected chi connectivity index (χ3v) is 4.02. The molecular formula is C16H21NO2. The van der Waals surface area contributed by atoms with Gasteiger partial charge >= 0.3 is 0 Å². The molecule has 1 aromatic carbocycles. The van der Waals surface area contributed by atoms with Crippen molar-refractivity contribution in [2.24, 2.45) is 5.92 Å². The van der Waals surface area contributed by atoms with Crippen molar-refractivity contribution >= 4 is 5.78 Å². The molecule has 0 radical (unpaired) electrons. The van der Waals surface area contributed by atoms with Crippen LogP contribution in [-0.4, -0.2) is 24.5 Å². The number of ether oxygens (including phenoxy) is 1. The molecule has 1 fully saturated rings. The Balaban J connectivity index is 1.81. The van der Waals surface area contributed by atoms with Crippen molar-refractivity contribution in [2.45, 2.75) is 38.7 Å². The maximum atomic E-state index is 12.5. The van der Waals surface area contributed by atoms with Crippen LogP contribution in [-0.2, 0) is 6.42 Å². The maximum absolute atomic E-state index is 12.5. The summed E-state index contributed by atoms with van der Waals surface area (Å²) < 4.78 is 5.85. The van der Waals surface area contributed by atoms with Crippen molar-refractivity contribution in [2.75, 3.05) is 13.1 Å². The number of rotatable bonds is 2. The average molecular weight is 259 g/mol. The van der Waals surface area contributed by atoms with E-state index in [9.17, 15) is 4.79 Å². The molecule has 1 atom stereocenters. The molecule has 2 heterocycles. The van der Waals surface area contributed by atoms with Crippen molar-refractivity contribution in [3.8, 4) is 5.75 Å². The Morgan fingerprint density at radius 2 is 2.26 bits per heavy atom. The largest absolute Gasteiger partial charge is 0.487 e. The lowest BCUT2D eigenvalue weighted by Gasteiger charge is -2.21. The smallest absolute Gasteiger partial charge is 0.167 e. The highest BCUT2D eigenvalue weighted by Gasteiger charge is 2.31. The van der Waals surface area contributed by atoms with E-state index in [-0.39, 0.29) is 17.3 Å². The van der Waals surface area contributed by atoms with E-state index < -0.39 is 0 Å². The zero-order valence-electron chi connectivity index (χ0n) is 11.7. The highest BCUT2D eigenvalue weighted by atomic mass is 16.5. The first-order valence-corrected chi connectivity index (χ1v) is 7.12. The molecule has 0 bridgehead atoms. The number of carbonyl (C=O) groups is 1. The van der Waals surface area contributed by atoms with Gasteiger partial charge in [-0.05, 0) is 57.0 Å². The molecule has 102 valence electrons. The molecule has 2 aliphatic heterocycles. The van der Waals surface area contributed by atoms with E-state index in [1.54, 1.807) is 0 Å². The van der Waals surface area contributed by atoms with Gasteiger partial charge in [-0.25, -0.2) is 0 Å². The molecule has 0 saturated carbocycles. The lowest BCUT2D eigenvalue weighted by molar-refractivity contribution is 0.0899. The second-order valence-electron chi connectivity index (χ2n) is 6.27. The first kappa shape index (κ1) is 12.7. The van der Waals surface area contributed by atoms with E-state index in [2.05, 4.69) is 19.2 Å². The fourth-order valence-electron chi connectivity index (χ4n) is 3.07. The Hall–Kier alpha value is -1.35. The minimum Gasteiger partial charge on any atom is -0.487 e. The van der Waals surface area contributed by atoms with Gasteiger partial charge in [-0.1, -0.05) is 0 Å². The minimum atomic E-state index is -0.142. The van der Waals surface area contributed by atoms with Gasteiger partial charge in [0.05, 0.1) is 0 Å². The zero-order chi connectivity index (χ0) is 13.5. The van der Waals surface area contributed by atoms with Crippen LogP contribution in [0.15, 0.2) is 18.2 Å². The molecule has 19 heavy (non-hydrogen) atoms. The van der Waals surface area contributed by atoms with Crippen LogP contribution in [0.25, 0.3) is 0 Å². The molecule has 1 aromatic rings. The summed E-state index contributed by atoms with van der Waals surface area (Å²) in [6.07, 6.45) is 2.98. The number of hydrogen-bond acceptors (Lipinski definition) is 3. The molecule has 1 N–H and O–H groups in total. The van der Waals surface area contributed by atoms with Crippen LogP contribution >= 0.6 is 0 Å². The van der Waals surface area contributed by atoms with Crippen molar-refractivity contribution in [1.82, 2.24) is 5.32 Å². The number of fused-ring (bicyclic) bond motifs is 1. The molecule has 3 nitrogen and oxygen atoms in total. The molecule has 1 saturated heterocycles. The molecule has 0 spiro atoms. The third-order valence-electron chi connectivity index (χ3n) is 4.02. The zero-order valence-corrected chi connectivity index (χ0v) is 11.7. The molecule has 1 unspecified atom stereocenters. The van der Waals surface area contributed by atoms with Gasteiger partial charge in [-0.15, -0.1) is 0 Å². The summed E-state index contributed by atoms with van der Waals surface area (Å²) in [6, 6.07) is 5.89. The molecular weight excluding hydrogens is 238 g/mol. The maximum Gasteiger partial charge on any atom is 0.167 e. The van der Waals surface area contributed by atoms with Gasteiger partial charge < -0.3 is 10.1 Å². The van der Waals surface area contributed by atoms with Gasteiger partial charge in [-0.2, -0.15) is 0 Å². The van der Waals surface area contributed by atoms with E-state index in [0.717, 1.165) is 43.7 Å². The summed E-state index contributed by atoms with van der Waals surface area (Å²) in [4.78, 5) is 12.5. The van der Waals surface area contributed by atoms with E-state index in [4.69, 9.17) is 4.74 Å². The van der Waals surface area contributed by atoms with E-state index in [0.29, 0.717) is 0 Å². The van der Waals surface area contributed by atoms with Crippen LogP contribution in [0.5, 0.6) is 5.75 Å². The normalized spacial score (nSPS) is 24.6. The number of ketones is 1. The van der Waals surface area contributed by atoms with Crippen molar-refractivity contribution < 1.29 is 9.53 Å². The molecule has 2 aliphatic rings. The van der Waals surface area contributed by atoms with Gasteiger partial charge in [-0.3, -0.25) is 4.79 Å². The van der Waals surface area contributed by atoms with Crippen LogP contribution in [0.2, 0.25) is 0 Å². The molecule has 3 rings (SSSR count). The summed E-state index contributed by atoms with van der Waals surface area (Å²) in [7, 11) is 0. The van der Waals surface area contributed by atoms with Crippen LogP contribution in [0.3, 0.4) is 0 Å². The summed E-state index contributed by atoms with van der Waals surface area (Å²) >= 11 is 0. The third kappa shape index (κ3) is 2.52. The Morgan fingerprint density at radius 3 is 3.00 bits per heavy atom. The minimum absolute atomic E-state index is 0.141. The quantitative estimate of drug-likeness (QED) is 0.830. The fourth-order valence-corrected chi connectivity index (χ4v) is 3.07. The van der Waals surface area contributed by atoms with E-state index >= 15 is 0 Å². The second kappa shape index (κ2) is 4.64. The molecule has 0 aliphatic carbocycles. The lowest BCUT2D eigenvalue weighted by atomic mass is 9.89. The van der Waals surface area contributed by atoms with Gasteiger partial charge in [0.2, 0.25) is 0 Å². The summed E-state index contributed by atoms with van der Waals surface area (Å²) in [5, 5.41) is 3.31. The van der Waals surface area contributed by atoms with Crippen LogP contribution in [0.1, 0.15) is 42.6 Å². The van der Waals surface area contributed by atoms with Crippen molar-refractivity contribution in [3.63, 3.8) is 0 Å².